The molecule has 0 aliphatic carbocycles. The number of carbonyl (C=O) groups excluding carboxylic acids is 1. The van der Waals surface area contributed by atoms with E-state index >= 15 is 0 Å². The molecule has 1 aromatic carbocycles. The highest BCUT2D eigenvalue weighted by Crippen LogP contribution is 2.27. The maximum absolute atomic E-state index is 11.8. The van der Waals surface area contributed by atoms with Gasteiger partial charge in [0.25, 0.3) is 0 Å². The normalized spacial score (nSPS) is 16.5. The van der Waals surface area contributed by atoms with Gasteiger partial charge in [0.2, 0.25) is 5.91 Å². The highest BCUT2D eigenvalue weighted by atomic mass is 35.5. The molecule has 0 bridgehead atoms. The van der Waals surface area contributed by atoms with Crippen molar-refractivity contribution in [2.45, 2.75) is 6.42 Å². The number of ether oxygens (including phenoxy) is 3. The summed E-state index contributed by atoms with van der Waals surface area (Å²) in [5, 5.41) is 6.06. The Balaban J connectivity index is 0.00000242. The third-order valence-electron chi connectivity index (χ3n) is 3.43. The number of halogens is 1. The van der Waals surface area contributed by atoms with Crippen molar-refractivity contribution < 1.29 is 19.0 Å². The molecule has 124 valence electrons. The second-order valence-electron chi connectivity index (χ2n) is 4.88. The standard InChI is InChI=1S/C15H22N2O4.ClH/c1-19-12-7-13(20-2)9-14(8-12)21-6-5-17-15(18)11-3-4-16-10-11;/h7-9,11,16H,3-6,10H2,1-2H3,(H,17,18);1H. The molecule has 22 heavy (non-hydrogen) atoms. The molecule has 7 heteroatoms. The lowest BCUT2D eigenvalue weighted by Gasteiger charge is -2.12. The summed E-state index contributed by atoms with van der Waals surface area (Å²) < 4.78 is 16.0. The van der Waals surface area contributed by atoms with Crippen molar-refractivity contribution in [3.8, 4) is 17.2 Å². The Morgan fingerprint density at radius 3 is 2.41 bits per heavy atom. The number of hydrogen-bond acceptors (Lipinski definition) is 5. The van der Waals surface area contributed by atoms with Gasteiger partial charge >= 0.3 is 0 Å². The van der Waals surface area contributed by atoms with Crippen LogP contribution in [0.1, 0.15) is 6.42 Å². The van der Waals surface area contributed by atoms with Crippen molar-refractivity contribution in [2.24, 2.45) is 5.92 Å². The van der Waals surface area contributed by atoms with E-state index in [4.69, 9.17) is 14.2 Å². The van der Waals surface area contributed by atoms with Gasteiger partial charge in [-0.25, -0.2) is 0 Å². The Hall–Kier alpha value is -1.66. The van der Waals surface area contributed by atoms with E-state index in [0.717, 1.165) is 19.5 Å². The van der Waals surface area contributed by atoms with E-state index in [2.05, 4.69) is 10.6 Å². The Labute approximate surface area is 136 Å². The zero-order valence-electron chi connectivity index (χ0n) is 12.9. The van der Waals surface area contributed by atoms with Crippen LogP contribution in [0.2, 0.25) is 0 Å². The molecule has 0 aromatic heterocycles. The van der Waals surface area contributed by atoms with Gasteiger partial charge in [-0.2, -0.15) is 0 Å². The molecule has 1 fully saturated rings. The predicted octanol–water partition coefficient (Wildman–Crippen LogP) is 1.23. The number of nitrogens with one attached hydrogen (secondary N) is 2. The minimum Gasteiger partial charge on any atom is -0.496 e. The van der Waals surface area contributed by atoms with Crippen LogP contribution in [-0.4, -0.2) is 46.4 Å². The van der Waals surface area contributed by atoms with E-state index < -0.39 is 0 Å². The van der Waals surface area contributed by atoms with E-state index in [9.17, 15) is 4.79 Å². The van der Waals surface area contributed by atoms with E-state index in [1.807, 2.05) is 0 Å². The third-order valence-corrected chi connectivity index (χ3v) is 3.43. The van der Waals surface area contributed by atoms with Crippen molar-refractivity contribution in [3.05, 3.63) is 18.2 Å². The summed E-state index contributed by atoms with van der Waals surface area (Å²) in [4.78, 5) is 11.8. The lowest BCUT2D eigenvalue weighted by atomic mass is 10.1. The first-order chi connectivity index (χ1) is 10.2. The topological polar surface area (TPSA) is 68.8 Å². The maximum atomic E-state index is 11.8. The monoisotopic (exact) mass is 330 g/mol. The number of methoxy groups -OCH3 is 2. The van der Waals surface area contributed by atoms with Crippen LogP contribution in [0.5, 0.6) is 17.2 Å². The van der Waals surface area contributed by atoms with Crippen molar-refractivity contribution in [1.29, 1.82) is 0 Å². The molecule has 1 aliphatic rings. The zero-order chi connectivity index (χ0) is 15.1. The molecule has 0 saturated carbocycles. The van der Waals surface area contributed by atoms with E-state index in [1.54, 1.807) is 32.4 Å². The third kappa shape index (κ3) is 5.27. The molecule has 1 atom stereocenters. The molecular formula is C15H23ClN2O4. The predicted molar refractivity (Wildman–Crippen MR) is 86.3 cm³/mol. The van der Waals surface area contributed by atoms with Gasteiger partial charge in [-0.15, -0.1) is 12.4 Å². The lowest BCUT2D eigenvalue weighted by Crippen LogP contribution is -2.34. The summed E-state index contributed by atoms with van der Waals surface area (Å²) >= 11 is 0. The van der Waals surface area contributed by atoms with Crippen LogP contribution in [0.3, 0.4) is 0 Å². The van der Waals surface area contributed by atoms with Crippen LogP contribution >= 0.6 is 12.4 Å². The second kappa shape index (κ2) is 9.38. The number of benzene rings is 1. The van der Waals surface area contributed by atoms with Crippen molar-refractivity contribution in [2.75, 3.05) is 40.5 Å². The molecule has 0 radical (unpaired) electrons. The molecule has 0 spiro atoms. The minimum absolute atomic E-state index is 0. The molecule has 1 amide bonds. The van der Waals surface area contributed by atoms with Crippen LogP contribution in [0.4, 0.5) is 0 Å². The number of carbonyl (C=O) groups is 1. The molecule has 1 aliphatic heterocycles. The van der Waals surface area contributed by atoms with Gasteiger partial charge in [0.05, 0.1) is 26.7 Å². The molecule has 1 unspecified atom stereocenters. The Bertz CT molecular complexity index is 456. The Kier molecular flexibility index (Phi) is 7.84. The number of amides is 1. The summed E-state index contributed by atoms with van der Waals surface area (Å²) in [6.07, 6.45) is 0.903. The first-order valence-electron chi connectivity index (χ1n) is 7.07. The smallest absolute Gasteiger partial charge is 0.224 e. The largest absolute Gasteiger partial charge is 0.496 e. The number of hydrogen-bond donors (Lipinski definition) is 2. The lowest BCUT2D eigenvalue weighted by molar-refractivity contribution is -0.124. The van der Waals surface area contributed by atoms with Crippen LogP contribution < -0.4 is 24.8 Å². The highest BCUT2D eigenvalue weighted by molar-refractivity contribution is 5.85. The number of rotatable bonds is 7. The van der Waals surface area contributed by atoms with Crippen LogP contribution in [-0.2, 0) is 4.79 Å². The van der Waals surface area contributed by atoms with Gasteiger partial charge in [-0.3, -0.25) is 4.79 Å². The van der Waals surface area contributed by atoms with Crippen molar-refractivity contribution >= 4 is 18.3 Å². The molecule has 6 nitrogen and oxygen atoms in total. The Morgan fingerprint density at radius 1 is 1.23 bits per heavy atom. The van der Waals surface area contributed by atoms with Gasteiger partial charge < -0.3 is 24.8 Å². The van der Waals surface area contributed by atoms with Gasteiger partial charge in [0.15, 0.2) is 0 Å². The summed E-state index contributed by atoms with van der Waals surface area (Å²) in [6, 6.07) is 5.35. The van der Waals surface area contributed by atoms with Crippen molar-refractivity contribution in [1.82, 2.24) is 10.6 Å². The molecule has 2 rings (SSSR count). The maximum Gasteiger partial charge on any atom is 0.224 e. The minimum atomic E-state index is 0. The van der Waals surface area contributed by atoms with Gasteiger partial charge in [-0.1, -0.05) is 0 Å². The van der Waals surface area contributed by atoms with E-state index in [1.165, 1.54) is 0 Å². The highest BCUT2D eigenvalue weighted by Gasteiger charge is 2.21. The molecule has 1 aromatic rings. The fraction of sp³-hybridized carbons (Fsp3) is 0.533. The fourth-order valence-corrected chi connectivity index (χ4v) is 2.23. The van der Waals surface area contributed by atoms with Gasteiger partial charge in [0, 0.05) is 24.7 Å². The first kappa shape index (κ1) is 18.4. The fourth-order valence-electron chi connectivity index (χ4n) is 2.23. The van der Waals surface area contributed by atoms with Crippen LogP contribution in [0.25, 0.3) is 0 Å². The average Bonchev–Trinajstić information content (AvgIpc) is 3.05. The van der Waals surface area contributed by atoms with Crippen LogP contribution in [0.15, 0.2) is 18.2 Å². The molecule has 1 heterocycles. The SMILES string of the molecule is COc1cc(OC)cc(OCCNC(=O)C2CCNC2)c1.Cl. The van der Waals surface area contributed by atoms with Crippen LogP contribution in [0, 0.1) is 5.92 Å². The summed E-state index contributed by atoms with van der Waals surface area (Å²) in [7, 11) is 3.18. The van der Waals surface area contributed by atoms with E-state index in [0.29, 0.717) is 30.4 Å². The molecular weight excluding hydrogens is 308 g/mol. The Morgan fingerprint density at radius 2 is 1.86 bits per heavy atom. The quantitative estimate of drug-likeness (QED) is 0.736. The summed E-state index contributed by atoms with van der Waals surface area (Å²) in [5.41, 5.74) is 0. The van der Waals surface area contributed by atoms with Gasteiger partial charge in [-0.05, 0) is 13.0 Å². The van der Waals surface area contributed by atoms with Crippen molar-refractivity contribution in [3.63, 3.8) is 0 Å². The molecule has 2 N–H and O–H groups in total. The summed E-state index contributed by atoms with van der Waals surface area (Å²) in [6.45, 7) is 2.56. The van der Waals surface area contributed by atoms with Gasteiger partial charge in [0.1, 0.15) is 23.9 Å². The second-order valence-corrected chi connectivity index (χ2v) is 4.88. The average molecular weight is 331 g/mol. The van der Waals surface area contributed by atoms with E-state index in [-0.39, 0.29) is 24.2 Å². The first-order valence-corrected chi connectivity index (χ1v) is 7.07. The molecule has 1 saturated heterocycles. The summed E-state index contributed by atoms with van der Waals surface area (Å²) in [5.74, 6) is 2.17. The zero-order valence-corrected chi connectivity index (χ0v) is 13.7.